The summed E-state index contributed by atoms with van der Waals surface area (Å²) < 4.78 is 16.0. The Labute approximate surface area is 194 Å². The van der Waals surface area contributed by atoms with Crippen LogP contribution in [0, 0.1) is 24.1 Å². The summed E-state index contributed by atoms with van der Waals surface area (Å²) in [7, 11) is 4.12. The molecule has 1 fully saturated rings. The highest BCUT2D eigenvalue weighted by Crippen LogP contribution is 2.32. The molecule has 1 saturated heterocycles. The molecule has 2 aromatic rings. The highest BCUT2D eigenvalue weighted by Gasteiger charge is 2.29. The average Bonchev–Trinajstić information content (AvgIpc) is 3.23. The van der Waals surface area contributed by atoms with E-state index in [4.69, 9.17) is 10.7 Å². The van der Waals surface area contributed by atoms with Gasteiger partial charge in [-0.15, -0.1) is 0 Å². The van der Waals surface area contributed by atoms with E-state index < -0.39 is 0 Å². The van der Waals surface area contributed by atoms with Crippen LogP contribution in [0.15, 0.2) is 40.8 Å². The normalized spacial score (nSPS) is 17.2. The molecule has 0 atom stereocenters. The lowest BCUT2D eigenvalue weighted by molar-refractivity contribution is 0.239. The number of halogens is 1. The molecule has 0 unspecified atom stereocenters. The van der Waals surface area contributed by atoms with E-state index in [-0.39, 0.29) is 5.82 Å². The van der Waals surface area contributed by atoms with Crippen LogP contribution in [0.4, 0.5) is 4.39 Å². The van der Waals surface area contributed by atoms with Gasteiger partial charge in [0, 0.05) is 43.9 Å². The van der Waals surface area contributed by atoms with Crippen molar-refractivity contribution in [3.63, 3.8) is 0 Å². The number of piperidine rings is 1. The minimum Gasteiger partial charge on any atom is -0.383 e. The molecule has 9 heteroatoms. The Kier molecular flexibility index (Phi) is 6.65. The van der Waals surface area contributed by atoms with Crippen molar-refractivity contribution in [1.82, 2.24) is 24.7 Å². The largest absolute Gasteiger partial charge is 0.383 e. The van der Waals surface area contributed by atoms with Gasteiger partial charge in [-0.1, -0.05) is 0 Å². The number of likely N-dealkylation sites (N-methyl/N-ethyl adjacent to an activating group) is 1. The second-order valence-corrected chi connectivity index (χ2v) is 8.92. The summed E-state index contributed by atoms with van der Waals surface area (Å²) in [5.74, 6) is 2.25. The van der Waals surface area contributed by atoms with Crippen molar-refractivity contribution in [2.24, 2.45) is 10.7 Å². The number of amidine groups is 1. The number of nitriles is 1. The van der Waals surface area contributed by atoms with Crippen LogP contribution < -0.4 is 11.1 Å². The minimum atomic E-state index is -0.202. The quantitative estimate of drug-likeness (QED) is 0.701. The van der Waals surface area contributed by atoms with Crippen molar-refractivity contribution in [2.45, 2.75) is 32.2 Å². The van der Waals surface area contributed by atoms with Crippen LogP contribution in [0.2, 0.25) is 0 Å². The number of aliphatic imine (C=N–C) groups is 1. The molecule has 0 spiro atoms. The topological polar surface area (TPSA) is 98.5 Å². The summed E-state index contributed by atoms with van der Waals surface area (Å²) in [6.45, 7) is 5.52. The Bertz CT molecular complexity index is 1120. The molecule has 8 nitrogen and oxygen atoms in total. The Hall–Kier alpha value is -3.38. The highest BCUT2D eigenvalue weighted by atomic mass is 19.1. The Morgan fingerprint density at radius 1 is 1.30 bits per heavy atom. The summed E-state index contributed by atoms with van der Waals surface area (Å²) >= 11 is 0. The molecule has 2 aliphatic heterocycles. The van der Waals surface area contributed by atoms with E-state index in [1.807, 2.05) is 6.07 Å². The third-order valence-corrected chi connectivity index (χ3v) is 6.33. The summed E-state index contributed by atoms with van der Waals surface area (Å²) in [5, 5.41) is 12.7. The van der Waals surface area contributed by atoms with Gasteiger partial charge in [-0.3, -0.25) is 0 Å². The van der Waals surface area contributed by atoms with E-state index in [9.17, 15) is 9.65 Å². The number of rotatable bonds is 6. The first kappa shape index (κ1) is 22.8. The van der Waals surface area contributed by atoms with E-state index in [0.717, 1.165) is 61.9 Å². The van der Waals surface area contributed by atoms with Gasteiger partial charge in [0.25, 0.3) is 0 Å². The first-order chi connectivity index (χ1) is 15.9. The van der Waals surface area contributed by atoms with Crippen LogP contribution in [0.25, 0.3) is 11.3 Å². The first-order valence-corrected chi connectivity index (χ1v) is 11.3. The van der Waals surface area contributed by atoms with Crippen LogP contribution in [0.5, 0.6) is 0 Å². The number of aromatic nitrogens is 2. The maximum Gasteiger partial charge on any atom is 0.142 e. The van der Waals surface area contributed by atoms with Gasteiger partial charge < -0.3 is 25.4 Å². The fraction of sp³-hybridized carbons (Fsp3) is 0.458. The number of imidazole rings is 1. The zero-order chi connectivity index (χ0) is 23.5. The van der Waals surface area contributed by atoms with Crippen LogP contribution in [0.1, 0.15) is 30.1 Å². The molecule has 0 radical (unpaired) electrons. The Morgan fingerprint density at radius 2 is 2.06 bits per heavy atom. The number of hydrogen-bond acceptors (Lipinski definition) is 7. The van der Waals surface area contributed by atoms with Gasteiger partial charge in [0.15, 0.2) is 0 Å². The zero-order valence-electron chi connectivity index (χ0n) is 19.5. The van der Waals surface area contributed by atoms with E-state index in [2.05, 4.69) is 51.0 Å². The predicted molar refractivity (Wildman–Crippen MR) is 127 cm³/mol. The molecular formula is C24H31FN8. The van der Waals surface area contributed by atoms with Gasteiger partial charge in [-0.2, -0.15) is 5.26 Å². The van der Waals surface area contributed by atoms with E-state index in [1.165, 1.54) is 6.07 Å². The summed E-state index contributed by atoms with van der Waals surface area (Å²) in [6, 6.07) is 7.34. The molecule has 3 N–H and O–H groups in total. The third-order valence-electron chi connectivity index (χ3n) is 6.33. The lowest BCUT2D eigenvalue weighted by Crippen LogP contribution is -2.42. The van der Waals surface area contributed by atoms with Gasteiger partial charge in [-0.05, 0) is 57.6 Å². The number of hydrogen-bond donors (Lipinski definition) is 2. The Balaban J connectivity index is 1.57. The van der Waals surface area contributed by atoms with Gasteiger partial charge in [0.2, 0.25) is 0 Å². The van der Waals surface area contributed by atoms with Crippen molar-refractivity contribution < 1.29 is 4.39 Å². The average molecular weight is 451 g/mol. The van der Waals surface area contributed by atoms with Crippen molar-refractivity contribution in [2.75, 3.05) is 40.4 Å². The first-order valence-electron chi connectivity index (χ1n) is 11.3. The van der Waals surface area contributed by atoms with Crippen LogP contribution in [0.3, 0.4) is 0 Å². The number of aryl methyl sites for hydroxylation is 1. The van der Waals surface area contributed by atoms with Crippen LogP contribution in [-0.4, -0.2) is 65.6 Å². The second-order valence-electron chi connectivity index (χ2n) is 8.92. The molecule has 0 saturated carbocycles. The van der Waals surface area contributed by atoms with Gasteiger partial charge in [0.05, 0.1) is 5.69 Å². The molecule has 1 aromatic carbocycles. The SMILES string of the molecule is Cc1cc(-c2cn(CCN(C)C)c(C3CCN(C4=C(C#N)C(N)=NCN4)CC3)n2)ccc1F. The van der Waals surface area contributed by atoms with Crippen molar-refractivity contribution >= 4 is 5.84 Å². The third kappa shape index (κ3) is 4.86. The summed E-state index contributed by atoms with van der Waals surface area (Å²) in [5.41, 5.74) is 8.77. The van der Waals surface area contributed by atoms with Crippen molar-refractivity contribution in [3.05, 3.63) is 53.0 Å². The summed E-state index contributed by atoms with van der Waals surface area (Å²) in [6.07, 6.45) is 3.93. The second kappa shape index (κ2) is 9.63. The molecule has 1 aromatic heterocycles. The maximum atomic E-state index is 13.8. The zero-order valence-corrected chi connectivity index (χ0v) is 19.5. The molecule has 174 valence electrons. The highest BCUT2D eigenvalue weighted by molar-refractivity contribution is 6.01. The van der Waals surface area contributed by atoms with E-state index in [1.54, 1.807) is 13.0 Å². The van der Waals surface area contributed by atoms with Crippen molar-refractivity contribution in [1.29, 1.82) is 5.26 Å². The Morgan fingerprint density at radius 3 is 2.73 bits per heavy atom. The molecular weight excluding hydrogens is 419 g/mol. The van der Waals surface area contributed by atoms with Crippen LogP contribution in [-0.2, 0) is 6.54 Å². The van der Waals surface area contributed by atoms with Crippen molar-refractivity contribution in [3.8, 4) is 17.3 Å². The molecule has 0 aliphatic carbocycles. The van der Waals surface area contributed by atoms with E-state index in [0.29, 0.717) is 29.6 Å². The maximum absolute atomic E-state index is 13.8. The van der Waals surface area contributed by atoms with Crippen LogP contribution >= 0.6 is 0 Å². The molecule has 0 bridgehead atoms. The molecule has 33 heavy (non-hydrogen) atoms. The number of nitrogens with zero attached hydrogens (tertiary/aromatic N) is 6. The monoisotopic (exact) mass is 450 g/mol. The predicted octanol–water partition coefficient (Wildman–Crippen LogP) is 2.39. The number of benzene rings is 1. The standard InChI is InChI=1S/C24H31FN8/c1-16-12-18(4-5-20(16)25)21-14-33(11-10-31(2)3)23(30-21)17-6-8-32(9-7-17)24-19(13-26)22(27)28-15-29-24/h4-5,12,14,17,29H,6-11,15H2,1-3H3,(H2,27,28). The lowest BCUT2D eigenvalue weighted by Gasteiger charge is -2.36. The summed E-state index contributed by atoms with van der Waals surface area (Å²) in [4.78, 5) is 13.5. The van der Waals surface area contributed by atoms with Gasteiger partial charge in [0.1, 0.15) is 41.6 Å². The number of nitrogens with two attached hydrogens (primary N) is 1. The smallest absolute Gasteiger partial charge is 0.142 e. The van der Waals surface area contributed by atoms with Gasteiger partial charge in [-0.25, -0.2) is 14.4 Å². The van der Waals surface area contributed by atoms with Gasteiger partial charge >= 0.3 is 0 Å². The number of nitrogens with one attached hydrogen (secondary N) is 1. The molecule has 3 heterocycles. The molecule has 0 amide bonds. The number of likely N-dealkylation sites (tertiary alicyclic amines) is 1. The fourth-order valence-corrected chi connectivity index (χ4v) is 4.42. The van der Waals surface area contributed by atoms with E-state index >= 15 is 0 Å². The molecule has 4 rings (SSSR count). The fourth-order valence-electron chi connectivity index (χ4n) is 4.42. The lowest BCUT2D eigenvalue weighted by atomic mass is 9.95. The minimum absolute atomic E-state index is 0.202. The molecule has 2 aliphatic rings.